The van der Waals surface area contributed by atoms with Gasteiger partial charge in [0.05, 0.1) is 18.9 Å². The van der Waals surface area contributed by atoms with E-state index in [4.69, 9.17) is 4.74 Å². The van der Waals surface area contributed by atoms with E-state index < -0.39 is 41.2 Å². The first-order valence-corrected chi connectivity index (χ1v) is 9.86. The molecule has 2 aliphatic rings. The number of phenolic OH excluding ortho intramolecular Hbond substituents is 1. The standard InChI is InChI=1S/C18H22N2O6S/c1-20-15(22)11-12(16(20)23)18(17(24)25,7-8-27-3)19-13(11)9-5-4-6-10(26-2)14(9)21/h4-6,11-13,19,21H,7-8H2,1-3H3,(H,24,25)/t11-,12+,13-,18-/m0/s1. The summed E-state index contributed by atoms with van der Waals surface area (Å²) in [5, 5.41) is 23.6. The van der Waals surface area contributed by atoms with Crippen molar-refractivity contribution in [2.75, 3.05) is 26.2 Å². The summed E-state index contributed by atoms with van der Waals surface area (Å²) in [7, 11) is 2.77. The van der Waals surface area contributed by atoms with Gasteiger partial charge in [-0.15, -0.1) is 0 Å². The molecule has 9 heteroatoms. The van der Waals surface area contributed by atoms with Gasteiger partial charge in [0.15, 0.2) is 11.5 Å². The number of carboxylic acid groups (broad SMARTS) is 1. The van der Waals surface area contributed by atoms with Crippen molar-refractivity contribution in [3.05, 3.63) is 23.8 Å². The fourth-order valence-corrected chi connectivity index (χ4v) is 4.69. The van der Waals surface area contributed by atoms with Gasteiger partial charge in [-0.3, -0.25) is 24.6 Å². The van der Waals surface area contributed by atoms with Crippen molar-refractivity contribution in [1.29, 1.82) is 0 Å². The lowest BCUT2D eigenvalue weighted by Gasteiger charge is -2.30. The first kappa shape index (κ1) is 19.5. The second-order valence-corrected chi connectivity index (χ2v) is 7.76. The topological polar surface area (TPSA) is 116 Å². The minimum absolute atomic E-state index is 0.169. The molecule has 1 aromatic rings. The van der Waals surface area contributed by atoms with Crippen molar-refractivity contribution in [1.82, 2.24) is 10.2 Å². The van der Waals surface area contributed by atoms with Gasteiger partial charge >= 0.3 is 5.97 Å². The van der Waals surface area contributed by atoms with Gasteiger partial charge in [-0.05, 0) is 24.5 Å². The van der Waals surface area contributed by atoms with E-state index in [9.17, 15) is 24.6 Å². The van der Waals surface area contributed by atoms with E-state index >= 15 is 0 Å². The average Bonchev–Trinajstić information content (AvgIpc) is 3.11. The molecule has 0 spiro atoms. The number of imide groups is 1. The number of hydrogen-bond acceptors (Lipinski definition) is 7. The van der Waals surface area contributed by atoms with Gasteiger partial charge in [0.25, 0.3) is 0 Å². The van der Waals surface area contributed by atoms with Gasteiger partial charge in [-0.25, -0.2) is 0 Å². The summed E-state index contributed by atoms with van der Waals surface area (Å²) in [6.07, 6.45) is 2.03. The lowest BCUT2D eigenvalue weighted by Crippen LogP contribution is -2.55. The predicted molar refractivity (Wildman–Crippen MR) is 98.7 cm³/mol. The molecule has 2 amide bonds. The number of rotatable bonds is 6. The highest BCUT2D eigenvalue weighted by molar-refractivity contribution is 7.98. The number of aliphatic carboxylic acids is 1. The van der Waals surface area contributed by atoms with Crippen LogP contribution in [-0.2, 0) is 14.4 Å². The number of benzene rings is 1. The smallest absolute Gasteiger partial charge is 0.324 e. The second-order valence-electron chi connectivity index (χ2n) is 6.78. The number of para-hydroxylation sites is 1. The van der Waals surface area contributed by atoms with E-state index in [-0.39, 0.29) is 17.9 Å². The summed E-state index contributed by atoms with van der Waals surface area (Å²) in [5.74, 6) is -3.51. The molecule has 0 radical (unpaired) electrons. The van der Waals surface area contributed by atoms with Crippen molar-refractivity contribution in [3.8, 4) is 11.5 Å². The average molecular weight is 394 g/mol. The fourth-order valence-electron chi connectivity index (χ4n) is 4.17. The van der Waals surface area contributed by atoms with Gasteiger partial charge in [-0.2, -0.15) is 11.8 Å². The third-order valence-electron chi connectivity index (χ3n) is 5.54. The molecule has 3 rings (SSSR count). The molecule has 146 valence electrons. The van der Waals surface area contributed by atoms with E-state index in [2.05, 4.69) is 5.32 Å². The number of methoxy groups -OCH3 is 1. The summed E-state index contributed by atoms with van der Waals surface area (Å²) < 4.78 is 5.13. The monoisotopic (exact) mass is 394 g/mol. The van der Waals surface area contributed by atoms with Crippen LogP contribution in [0.2, 0.25) is 0 Å². The minimum Gasteiger partial charge on any atom is -0.504 e. The van der Waals surface area contributed by atoms with Crippen LogP contribution in [0, 0.1) is 11.8 Å². The molecule has 2 heterocycles. The highest BCUT2D eigenvalue weighted by Crippen LogP contribution is 2.52. The largest absolute Gasteiger partial charge is 0.504 e. The SMILES string of the molecule is COc1cccc([C@@H]2N[C@](CCSC)(C(=O)O)[C@H]3C(=O)N(C)C(=O)[C@H]23)c1O. The second kappa shape index (κ2) is 7.05. The minimum atomic E-state index is -1.58. The molecule has 0 saturated carbocycles. The lowest BCUT2D eigenvalue weighted by molar-refractivity contribution is -0.151. The maximum absolute atomic E-state index is 12.8. The van der Waals surface area contributed by atoms with Crippen LogP contribution < -0.4 is 10.1 Å². The number of amides is 2. The molecule has 27 heavy (non-hydrogen) atoms. The first-order valence-electron chi connectivity index (χ1n) is 8.47. The Morgan fingerprint density at radius 1 is 1.37 bits per heavy atom. The number of fused-ring (bicyclic) bond motifs is 1. The van der Waals surface area contributed by atoms with Crippen LogP contribution in [0.5, 0.6) is 11.5 Å². The number of carboxylic acids is 1. The van der Waals surface area contributed by atoms with Gasteiger partial charge in [-0.1, -0.05) is 12.1 Å². The van der Waals surface area contributed by atoms with Crippen LogP contribution in [0.25, 0.3) is 0 Å². The van der Waals surface area contributed by atoms with Gasteiger partial charge in [0.2, 0.25) is 11.8 Å². The molecule has 2 saturated heterocycles. The van der Waals surface area contributed by atoms with Crippen molar-refractivity contribution < 1.29 is 29.3 Å². The van der Waals surface area contributed by atoms with Gasteiger partial charge in [0.1, 0.15) is 5.54 Å². The molecular weight excluding hydrogens is 372 g/mol. The Morgan fingerprint density at radius 2 is 2.07 bits per heavy atom. The fraction of sp³-hybridized carbons (Fsp3) is 0.500. The number of ether oxygens (including phenoxy) is 1. The molecule has 2 fully saturated rings. The summed E-state index contributed by atoms with van der Waals surface area (Å²) in [4.78, 5) is 38.8. The Bertz CT molecular complexity index is 800. The number of carbonyl (C=O) groups is 3. The number of hydrogen-bond donors (Lipinski definition) is 3. The number of carbonyl (C=O) groups excluding carboxylic acids is 2. The van der Waals surface area contributed by atoms with E-state index in [1.807, 2.05) is 6.26 Å². The van der Waals surface area contributed by atoms with Crippen LogP contribution in [0.1, 0.15) is 18.0 Å². The molecule has 8 nitrogen and oxygen atoms in total. The van der Waals surface area contributed by atoms with Crippen molar-refractivity contribution >= 4 is 29.5 Å². The van der Waals surface area contributed by atoms with Crippen molar-refractivity contribution in [2.45, 2.75) is 18.0 Å². The number of thioether (sulfide) groups is 1. The maximum Gasteiger partial charge on any atom is 0.324 e. The first-order chi connectivity index (χ1) is 12.8. The van der Waals surface area contributed by atoms with Crippen LogP contribution in [0.3, 0.4) is 0 Å². The van der Waals surface area contributed by atoms with Crippen molar-refractivity contribution in [3.63, 3.8) is 0 Å². The zero-order valence-electron chi connectivity index (χ0n) is 15.3. The van der Waals surface area contributed by atoms with E-state index in [0.29, 0.717) is 11.3 Å². The third-order valence-corrected chi connectivity index (χ3v) is 6.15. The number of nitrogens with zero attached hydrogens (tertiary/aromatic N) is 1. The Morgan fingerprint density at radius 3 is 2.67 bits per heavy atom. The van der Waals surface area contributed by atoms with E-state index in [0.717, 1.165) is 4.90 Å². The lowest BCUT2D eigenvalue weighted by atomic mass is 9.78. The third kappa shape index (κ3) is 2.76. The Labute approximate surface area is 160 Å². The van der Waals surface area contributed by atoms with Gasteiger partial charge < -0.3 is 14.9 Å². The highest BCUT2D eigenvalue weighted by Gasteiger charge is 2.67. The van der Waals surface area contributed by atoms with Crippen LogP contribution in [-0.4, -0.2) is 64.6 Å². The molecule has 4 atom stereocenters. The number of phenols is 1. The molecule has 0 unspecified atom stereocenters. The highest BCUT2D eigenvalue weighted by atomic mass is 32.2. The normalized spacial score (nSPS) is 29.9. The Hall–Kier alpha value is -2.26. The summed E-state index contributed by atoms with van der Waals surface area (Å²) in [5.41, 5.74) is -1.24. The quantitative estimate of drug-likeness (QED) is 0.608. The Kier molecular flexibility index (Phi) is 5.09. The molecule has 1 aromatic carbocycles. The van der Waals surface area contributed by atoms with E-state index in [1.54, 1.807) is 18.2 Å². The molecule has 0 aliphatic carbocycles. The van der Waals surface area contributed by atoms with Crippen molar-refractivity contribution in [2.24, 2.45) is 11.8 Å². The Balaban J connectivity index is 2.15. The summed E-state index contributed by atoms with van der Waals surface area (Å²) >= 11 is 1.47. The number of aromatic hydroxyl groups is 1. The molecule has 3 N–H and O–H groups in total. The van der Waals surface area contributed by atoms with Crippen LogP contribution in [0.4, 0.5) is 0 Å². The molecule has 0 bridgehead atoms. The number of nitrogens with one attached hydrogen (secondary N) is 1. The summed E-state index contributed by atoms with van der Waals surface area (Å²) in [6, 6.07) is 4.01. The predicted octanol–water partition coefficient (Wildman–Crippen LogP) is 0.853. The number of likely N-dealkylation sites (tertiary alicyclic amines) is 1. The molecular formula is C18H22N2O6S. The van der Waals surface area contributed by atoms with Crippen LogP contribution >= 0.6 is 11.8 Å². The molecule has 2 aliphatic heterocycles. The zero-order valence-corrected chi connectivity index (χ0v) is 16.1. The molecule has 0 aromatic heterocycles. The zero-order chi connectivity index (χ0) is 19.9. The van der Waals surface area contributed by atoms with Gasteiger partial charge in [0, 0.05) is 18.7 Å². The summed E-state index contributed by atoms with van der Waals surface area (Å²) in [6.45, 7) is 0. The van der Waals surface area contributed by atoms with Crippen LogP contribution in [0.15, 0.2) is 18.2 Å². The maximum atomic E-state index is 12.8. The van der Waals surface area contributed by atoms with E-state index in [1.165, 1.54) is 25.9 Å².